The molecule has 0 aliphatic carbocycles. The molecule has 0 radical (unpaired) electrons. The minimum absolute atomic E-state index is 0.677. The van der Waals surface area contributed by atoms with Crippen LogP contribution in [-0.4, -0.2) is 24.5 Å². The molecule has 0 atom stereocenters. The molecule has 1 rings (SSSR count). The van der Waals surface area contributed by atoms with E-state index in [-0.39, 0.29) is 0 Å². The summed E-state index contributed by atoms with van der Waals surface area (Å²) in [5.74, 6) is 0.844. The molecule has 0 aliphatic heterocycles. The lowest BCUT2D eigenvalue weighted by Crippen LogP contribution is -1.92. The van der Waals surface area contributed by atoms with Gasteiger partial charge in [-0.1, -0.05) is 0 Å². The van der Waals surface area contributed by atoms with E-state index in [9.17, 15) is 0 Å². The highest BCUT2D eigenvalue weighted by Crippen LogP contribution is 2.20. The Morgan fingerprint density at radius 1 is 1.69 bits per heavy atom. The normalized spacial score (nSPS) is 9.54. The summed E-state index contributed by atoms with van der Waals surface area (Å²) < 4.78 is 4.91. The van der Waals surface area contributed by atoms with Crippen LogP contribution in [0.2, 0.25) is 0 Å². The van der Waals surface area contributed by atoms with Gasteiger partial charge < -0.3 is 4.74 Å². The molecule has 68 valence electrons. The second-order valence-electron chi connectivity index (χ2n) is 2.32. The average molecular weight is 194 g/mol. The Morgan fingerprint density at radius 3 is 3.23 bits per heavy atom. The van der Waals surface area contributed by atoms with Crippen molar-refractivity contribution < 1.29 is 4.74 Å². The summed E-state index contributed by atoms with van der Waals surface area (Å²) in [7, 11) is 1.66. The number of hydrogen-bond acceptors (Lipinski definition) is 4. The molecule has 0 unspecified atom stereocenters. The second-order valence-corrected chi connectivity index (χ2v) is 3.46. The quantitative estimate of drug-likeness (QED) is 0.540. The number of ether oxygens (including phenoxy) is 1. The molecule has 0 aliphatic rings. The number of hydrogen-bond donors (Lipinski definition) is 0. The maximum atomic E-state index is 8.75. The number of thioether (sulfide) groups is 1. The van der Waals surface area contributed by atoms with Crippen LogP contribution in [0.5, 0.6) is 0 Å². The van der Waals surface area contributed by atoms with Crippen LogP contribution in [0, 0.1) is 11.3 Å². The van der Waals surface area contributed by atoms with Crippen molar-refractivity contribution in [3.63, 3.8) is 0 Å². The van der Waals surface area contributed by atoms with Gasteiger partial charge in [-0.15, -0.1) is 11.8 Å². The van der Waals surface area contributed by atoms with Gasteiger partial charge in [-0.3, -0.25) is 4.98 Å². The van der Waals surface area contributed by atoms with Crippen LogP contribution in [0.1, 0.15) is 5.56 Å². The summed E-state index contributed by atoms with van der Waals surface area (Å²) in [6, 6.07) is 3.84. The van der Waals surface area contributed by atoms with E-state index in [0.29, 0.717) is 12.2 Å². The Bertz CT molecular complexity index is 309. The van der Waals surface area contributed by atoms with Crippen molar-refractivity contribution in [3.05, 3.63) is 24.0 Å². The van der Waals surface area contributed by atoms with Crippen LogP contribution >= 0.6 is 11.8 Å². The van der Waals surface area contributed by atoms with Crippen LogP contribution in [0.3, 0.4) is 0 Å². The topological polar surface area (TPSA) is 45.9 Å². The summed E-state index contributed by atoms with van der Waals surface area (Å²) in [5, 5.41) is 8.75. The molecule has 0 saturated carbocycles. The third kappa shape index (κ3) is 3.05. The Labute approximate surface area is 81.7 Å². The molecule has 4 heteroatoms. The van der Waals surface area contributed by atoms with E-state index in [0.717, 1.165) is 10.6 Å². The number of nitriles is 1. The number of methoxy groups -OCH3 is 1. The maximum Gasteiger partial charge on any atom is 0.100 e. The Kier molecular flexibility index (Phi) is 4.30. The Hall–Kier alpha value is -1.05. The third-order valence-corrected chi connectivity index (χ3v) is 2.46. The highest BCUT2D eigenvalue weighted by atomic mass is 32.2. The van der Waals surface area contributed by atoms with Crippen molar-refractivity contribution in [2.75, 3.05) is 19.5 Å². The van der Waals surface area contributed by atoms with Gasteiger partial charge in [-0.25, -0.2) is 0 Å². The molecule has 3 nitrogen and oxygen atoms in total. The van der Waals surface area contributed by atoms with Crippen molar-refractivity contribution >= 4 is 11.8 Å². The largest absolute Gasteiger partial charge is 0.384 e. The number of aromatic nitrogens is 1. The summed E-state index contributed by atoms with van der Waals surface area (Å²) in [4.78, 5) is 4.88. The summed E-state index contributed by atoms with van der Waals surface area (Å²) in [6.07, 6.45) is 3.33. The molecule has 1 heterocycles. The predicted octanol–water partition coefficient (Wildman–Crippen LogP) is 1.69. The standard InChI is InChI=1S/C9H10N2OS/c1-12-4-5-13-9-7-11-3-2-8(9)6-10/h2-3,7H,4-5H2,1H3. The van der Waals surface area contributed by atoms with Crippen molar-refractivity contribution in [1.82, 2.24) is 4.98 Å². The lowest BCUT2D eigenvalue weighted by Gasteiger charge is -2.01. The second kappa shape index (κ2) is 5.57. The molecule has 1 aromatic heterocycles. The SMILES string of the molecule is COCCSc1cnccc1C#N. The van der Waals surface area contributed by atoms with Gasteiger partial charge in [0.05, 0.1) is 12.2 Å². The fraction of sp³-hybridized carbons (Fsp3) is 0.333. The molecule has 0 N–H and O–H groups in total. The maximum absolute atomic E-state index is 8.75. The van der Waals surface area contributed by atoms with E-state index in [1.165, 1.54) is 0 Å². The number of pyridine rings is 1. The highest BCUT2D eigenvalue weighted by molar-refractivity contribution is 7.99. The zero-order valence-corrected chi connectivity index (χ0v) is 8.17. The molecular formula is C9H10N2OS. The van der Waals surface area contributed by atoms with Gasteiger partial charge in [-0.05, 0) is 6.07 Å². The van der Waals surface area contributed by atoms with E-state index < -0.39 is 0 Å². The number of nitrogens with zero attached hydrogens (tertiary/aromatic N) is 2. The summed E-state index contributed by atoms with van der Waals surface area (Å²) in [6.45, 7) is 0.685. The van der Waals surface area contributed by atoms with Crippen LogP contribution in [0.25, 0.3) is 0 Å². The monoisotopic (exact) mass is 194 g/mol. The minimum atomic E-state index is 0.677. The summed E-state index contributed by atoms with van der Waals surface area (Å²) in [5.41, 5.74) is 0.677. The first-order valence-corrected chi connectivity index (χ1v) is 4.83. The molecule has 0 amide bonds. The van der Waals surface area contributed by atoms with E-state index in [2.05, 4.69) is 11.1 Å². The van der Waals surface area contributed by atoms with E-state index in [1.807, 2.05) is 0 Å². The Balaban J connectivity index is 2.60. The minimum Gasteiger partial charge on any atom is -0.384 e. The molecule has 0 fully saturated rings. The van der Waals surface area contributed by atoms with Gasteiger partial charge in [0, 0.05) is 30.2 Å². The van der Waals surface area contributed by atoms with Crippen molar-refractivity contribution in [3.8, 4) is 6.07 Å². The van der Waals surface area contributed by atoms with E-state index in [4.69, 9.17) is 10.00 Å². The smallest absolute Gasteiger partial charge is 0.100 e. The summed E-state index contributed by atoms with van der Waals surface area (Å²) >= 11 is 1.59. The first-order chi connectivity index (χ1) is 6.38. The zero-order valence-electron chi connectivity index (χ0n) is 7.36. The molecule has 0 saturated heterocycles. The van der Waals surface area contributed by atoms with Gasteiger partial charge in [0.2, 0.25) is 0 Å². The average Bonchev–Trinajstić information content (AvgIpc) is 2.19. The fourth-order valence-electron chi connectivity index (χ4n) is 0.822. The van der Waals surface area contributed by atoms with Crippen LogP contribution in [0.4, 0.5) is 0 Å². The van der Waals surface area contributed by atoms with Gasteiger partial charge in [0.25, 0.3) is 0 Å². The first kappa shape index (κ1) is 10.0. The van der Waals surface area contributed by atoms with Crippen molar-refractivity contribution in [1.29, 1.82) is 5.26 Å². The van der Waals surface area contributed by atoms with Crippen LogP contribution in [0.15, 0.2) is 23.4 Å². The lowest BCUT2D eigenvalue weighted by atomic mass is 10.3. The fourth-order valence-corrected chi connectivity index (χ4v) is 1.70. The van der Waals surface area contributed by atoms with Crippen LogP contribution < -0.4 is 0 Å². The predicted molar refractivity (Wildman–Crippen MR) is 51.6 cm³/mol. The third-order valence-electron chi connectivity index (χ3n) is 1.45. The molecule has 0 bridgehead atoms. The molecule has 13 heavy (non-hydrogen) atoms. The first-order valence-electron chi connectivity index (χ1n) is 3.84. The lowest BCUT2D eigenvalue weighted by molar-refractivity contribution is 0.218. The van der Waals surface area contributed by atoms with Crippen molar-refractivity contribution in [2.45, 2.75) is 4.90 Å². The van der Waals surface area contributed by atoms with Gasteiger partial charge >= 0.3 is 0 Å². The van der Waals surface area contributed by atoms with Crippen LogP contribution in [-0.2, 0) is 4.74 Å². The Morgan fingerprint density at radius 2 is 2.54 bits per heavy atom. The molecular weight excluding hydrogens is 184 g/mol. The molecule has 0 spiro atoms. The van der Waals surface area contributed by atoms with Gasteiger partial charge in [-0.2, -0.15) is 5.26 Å². The molecule has 1 aromatic rings. The zero-order chi connectivity index (χ0) is 9.52. The van der Waals surface area contributed by atoms with Gasteiger partial charge in [0.1, 0.15) is 6.07 Å². The molecule has 0 aromatic carbocycles. The van der Waals surface area contributed by atoms with Gasteiger partial charge in [0.15, 0.2) is 0 Å². The van der Waals surface area contributed by atoms with E-state index in [1.54, 1.807) is 37.3 Å². The van der Waals surface area contributed by atoms with E-state index >= 15 is 0 Å². The van der Waals surface area contributed by atoms with Crippen molar-refractivity contribution in [2.24, 2.45) is 0 Å². The highest BCUT2D eigenvalue weighted by Gasteiger charge is 2.00. The number of rotatable bonds is 4.